The van der Waals surface area contributed by atoms with Crippen LogP contribution in [0, 0.1) is 0 Å². The fourth-order valence-electron chi connectivity index (χ4n) is 3.67. The lowest BCUT2D eigenvalue weighted by molar-refractivity contribution is -0.117. The molecular weight excluding hydrogens is 390 g/mol. The number of anilines is 2. The molecule has 1 aliphatic carbocycles. The number of hydrogen-bond donors (Lipinski definition) is 4. The van der Waals surface area contributed by atoms with Crippen LogP contribution in [0.3, 0.4) is 0 Å². The molecule has 6 nitrogen and oxygen atoms in total. The van der Waals surface area contributed by atoms with Gasteiger partial charge in [-0.3, -0.25) is 9.59 Å². The lowest BCUT2D eigenvalue weighted by Crippen LogP contribution is -2.32. The molecule has 0 bridgehead atoms. The van der Waals surface area contributed by atoms with Crippen LogP contribution in [0.1, 0.15) is 33.1 Å². The highest BCUT2D eigenvalue weighted by Crippen LogP contribution is 2.31. The van der Waals surface area contributed by atoms with E-state index in [1.165, 1.54) is 6.08 Å². The minimum Gasteiger partial charge on any atom is -0.397 e. The summed E-state index contributed by atoms with van der Waals surface area (Å²) in [5.74, 6) is -0.554. The Morgan fingerprint density at radius 3 is 2.45 bits per heavy atom. The molecule has 6 heteroatoms. The van der Waals surface area contributed by atoms with Gasteiger partial charge in [-0.15, -0.1) is 0 Å². The number of carbonyl (C=O) groups is 2. The molecule has 31 heavy (non-hydrogen) atoms. The number of nitrogens with two attached hydrogens (primary N) is 1. The van der Waals surface area contributed by atoms with Crippen molar-refractivity contribution >= 4 is 29.3 Å². The minimum absolute atomic E-state index is 0.264. The van der Waals surface area contributed by atoms with E-state index in [9.17, 15) is 14.7 Å². The minimum atomic E-state index is -0.633. The van der Waals surface area contributed by atoms with Crippen LogP contribution in [0.5, 0.6) is 0 Å². The van der Waals surface area contributed by atoms with Gasteiger partial charge in [-0.05, 0) is 47.0 Å². The smallest absolute Gasteiger partial charge is 0.255 e. The van der Waals surface area contributed by atoms with Gasteiger partial charge in [0.25, 0.3) is 5.91 Å². The summed E-state index contributed by atoms with van der Waals surface area (Å²) in [7, 11) is 0. The maximum atomic E-state index is 12.4. The second-order valence-electron chi connectivity index (χ2n) is 7.45. The van der Waals surface area contributed by atoms with Crippen molar-refractivity contribution in [2.24, 2.45) is 0 Å². The van der Waals surface area contributed by atoms with E-state index in [-0.39, 0.29) is 11.8 Å². The molecule has 3 aromatic carbocycles. The highest BCUT2D eigenvalue weighted by molar-refractivity contribution is 6.05. The molecule has 0 aromatic heterocycles. The lowest BCUT2D eigenvalue weighted by Gasteiger charge is -2.16. The van der Waals surface area contributed by atoms with Crippen molar-refractivity contribution in [1.82, 2.24) is 5.32 Å². The van der Waals surface area contributed by atoms with Crippen molar-refractivity contribution in [3.63, 3.8) is 0 Å². The van der Waals surface area contributed by atoms with Crippen molar-refractivity contribution < 1.29 is 14.7 Å². The first-order valence-electron chi connectivity index (χ1n) is 10.0. The molecule has 0 aliphatic heterocycles. The van der Waals surface area contributed by atoms with Gasteiger partial charge in [0.15, 0.2) is 0 Å². The third kappa shape index (κ3) is 4.65. The molecular formula is C25H23N3O3. The van der Waals surface area contributed by atoms with Crippen LogP contribution in [0.2, 0.25) is 0 Å². The summed E-state index contributed by atoms with van der Waals surface area (Å²) in [5, 5.41) is 15.9. The second kappa shape index (κ2) is 8.85. The zero-order valence-electron chi connectivity index (χ0n) is 16.8. The lowest BCUT2D eigenvalue weighted by atomic mass is 10.1. The quantitative estimate of drug-likeness (QED) is 0.380. The average molecular weight is 413 g/mol. The summed E-state index contributed by atoms with van der Waals surface area (Å²) in [6, 6.07) is 21.2. The van der Waals surface area contributed by atoms with E-state index < -0.39 is 12.1 Å². The van der Waals surface area contributed by atoms with E-state index in [1.54, 1.807) is 54.6 Å². The molecule has 2 amide bonds. The summed E-state index contributed by atoms with van der Waals surface area (Å²) in [6.45, 7) is 0. The summed E-state index contributed by atoms with van der Waals surface area (Å²) in [5.41, 5.74) is 10.2. The Bertz CT molecular complexity index is 1140. The molecule has 156 valence electrons. The Kier molecular flexibility index (Phi) is 5.82. The molecule has 2 unspecified atom stereocenters. The zero-order chi connectivity index (χ0) is 21.8. The van der Waals surface area contributed by atoms with Gasteiger partial charge >= 0.3 is 0 Å². The van der Waals surface area contributed by atoms with Gasteiger partial charge in [0.1, 0.15) is 0 Å². The predicted molar refractivity (Wildman–Crippen MR) is 121 cm³/mol. The van der Waals surface area contributed by atoms with Crippen molar-refractivity contribution in [3.05, 3.63) is 101 Å². The molecule has 0 spiro atoms. The maximum Gasteiger partial charge on any atom is 0.255 e. The fraction of sp³-hybridized carbons (Fsp3) is 0.120. The molecule has 0 fully saturated rings. The molecule has 4 rings (SSSR count). The first-order valence-corrected chi connectivity index (χ1v) is 10.0. The standard InChI is InChI=1S/C25H23N3O3/c26-20-7-3-4-8-21(20)27-25(31)17-12-9-16(10-13-17)11-14-23(30)28-24-19-6-2-1-5-18(19)15-22(24)29/h1-14,22,24,29H,15,26H2,(H,27,31)(H,28,30)/b14-11+. The van der Waals surface area contributed by atoms with Gasteiger partial charge in [-0.25, -0.2) is 0 Å². The van der Waals surface area contributed by atoms with Gasteiger partial charge in [0.2, 0.25) is 5.91 Å². The Morgan fingerprint density at radius 2 is 1.68 bits per heavy atom. The Hall–Kier alpha value is -3.90. The number of nitrogens with one attached hydrogen (secondary N) is 2. The Morgan fingerprint density at radius 1 is 0.968 bits per heavy atom. The van der Waals surface area contributed by atoms with Crippen molar-refractivity contribution in [1.29, 1.82) is 0 Å². The van der Waals surface area contributed by atoms with Gasteiger partial charge in [0.05, 0.1) is 23.5 Å². The predicted octanol–water partition coefficient (Wildman–Crippen LogP) is 3.31. The van der Waals surface area contributed by atoms with Crippen LogP contribution in [0.4, 0.5) is 11.4 Å². The molecule has 0 saturated heterocycles. The van der Waals surface area contributed by atoms with Crippen LogP contribution < -0.4 is 16.4 Å². The first-order chi connectivity index (χ1) is 15.0. The van der Waals surface area contributed by atoms with Gasteiger partial charge in [-0.1, -0.05) is 48.5 Å². The number of fused-ring (bicyclic) bond motifs is 1. The molecule has 3 aromatic rings. The number of aliphatic hydroxyl groups is 1. The maximum absolute atomic E-state index is 12.4. The average Bonchev–Trinajstić information content (AvgIpc) is 3.09. The van der Waals surface area contributed by atoms with Crippen molar-refractivity contribution in [2.75, 3.05) is 11.1 Å². The summed E-state index contributed by atoms with van der Waals surface area (Å²) in [6.07, 6.45) is 2.99. The zero-order valence-corrected chi connectivity index (χ0v) is 16.8. The highest BCUT2D eigenvalue weighted by Gasteiger charge is 2.31. The van der Waals surface area contributed by atoms with E-state index in [0.29, 0.717) is 23.4 Å². The third-order valence-corrected chi connectivity index (χ3v) is 5.31. The van der Waals surface area contributed by atoms with Crippen LogP contribution in [0.25, 0.3) is 6.08 Å². The number of amides is 2. The van der Waals surface area contributed by atoms with Crippen LogP contribution >= 0.6 is 0 Å². The molecule has 0 saturated carbocycles. The van der Waals surface area contributed by atoms with Crippen molar-refractivity contribution in [3.8, 4) is 0 Å². The number of benzene rings is 3. The van der Waals surface area contributed by atoms with E-state index in [2.05, 4.69) is 10.6 Å². The number of carbonyl (C=O) groups excluding carboxylic acids is 2. The van der Waals surface area contributed by atoms with Gasteiger partial charge in [-0.2, -0.15) is 0 Å². The van der Waals surface area contributed by atoms with Crippen LogP contribution in [-0.4, -0.2) is 23.0 Å². The van der Waals surface area contributed by atoms with Crippen molar-refractivity contribution in [2.45, 2.75) is 18.6 Å². The van der Waals surface area contributed by atoms with E-state index in [4.69, 9.17) is 5.73 Å². The molecule has 0 heterocycles. The SMILES string of the molecule is Nc1ccccc1NC(=O)c1ccc(/C=C/C(=O)NC2c3ccccc3CC2O)cc1. The Labute approximate surface area is 180 Å². The summed E-state index contributed by atoms with van der Waals surface area (Å²) in [4.78, 5) is 24.7. The molecule has 5 N–H and O–H groups in total. The molecule has 1 aliphatic rings. The number of nitrogen functional groups attached to an aromatic ring is 1. The van der Waals surface area contributed by atoms with Gasteiger partial charge < -0.3 is 21.5 Å². The number of rotatable bonds is 5. The van der Waals surface area contributed by atoms with E-state index in [1.807, 2.05) is 24.3 Å². The molecule has 0 radical (unpaired) electrons. The van der Waals surface area contributed by atoms with Crippen LogP contribution in [0.15, 0.2) is 78.9 Å². The van der Waals surface area contributed by atoms with Gasteiger partial charge in [0, 0.05) is 18.1 Å². The number of aliphatic hydroxyl groups excluding tert-OH is 1. The summed E-state index contributed by atoms with van der Waals surface area (Å²) < 4.78 is 0. The first kappa shape index (κ1) is 20.4. The highest BCUT2D eigenvalue weighted by atomic mass is 16.3. The van der Waals surface area contributed by atoms with Crippen LogP contribution in [-0.2, 0) is 11.2 Å². The second-order valence-corrected chi connectivity index (χ2v) is 7.45. The molecule has 2 atom stereocenters. The van der Waals surface area contributed by atoms with E-state index in [0.717, 1.165) is 16.7 Å². The topological polar surface area (TPSA) is 104 Å². The third-order valence-electron chi connectivity index (χ3n) is 5.31. The number of para-hydroxylation sites is 2. The monoisotopic (exact) mass is 413 g/mol. The summed E-state index contributed by atoms with van der Waals surface area (Å²) >= 11 is 0. The normalized spacial score (nSPS) is 17.3. The van der Waals surface area contributed by atoms with E-state index >= 15 is 0 Å². The fourth-order valence-corrected chi connectivity index (χ4v) is 3.67. The Balaban J connectivity index is 1.37. The number of hydrogen-bond acceptors (Lipinski definition) is 4. The largest absolute Gasteiger partial charge is 0.397 e.